The summed E-state index contributed by atoms with van der Waals surface area (Å²) in [5, 5.41) is 2.08. The summed E-state index contributed by atoms with van der Waals surface area (Å²) in [6.07, 6.45) is 2.41. The molecule has 0 aromatic carbocycles. The second kappa shape index (κ2) is 6.34. The molecule has 0 N–H and O–H groups in total. The molecule has 3 nitrogen and oxygen atoms in total. The highest BCUT2D eigenvalue weighted by molar-refractivity contribution is 7.09. The molecule has 2 rings (SSSR count). The van der Waals surface area contributed by atoms with Crippen molar-refractivity contribution in [1.82, 2.24) is 9.80 Å². The van der Waals surface area contributed by atoms with Crippen LogP contribution in [0.5, 0.6) is 0 Å². The van der Waals surface area contributed by atoms with Gasteiger partial charge in [0, 0.05) is 24.5 Å². The van der Waals surface area contributed by atoms with Gasteiger partial charge in [-0.05, 0) is 37.3 Å². The molecule has 0 bridgehead atoms. The van der Waals surface area contributed by atoms with Crippen LogP contribution in [-0.2, 0) is 11.3 Å². The maximum atomic E-state index is 12.2. The van der Waals surface area contributed by atoms with Crippen LogP contribution in [0.25, 0.3) is 0 Å². The number of nitrogens with zero attached hydrogens (tertiary/aromatic N) is 2. The van der Waals surface area contributed by atoms with Crippen LogP contribution in [0.3, 0.4) is 0 Å². The molecule has 0 saturated carbocycles. The van der Waals surface area contributed by atoms with E-state index in [1.165, 1.54) is 11.3 Å². The van der Waals surface area contributed by atoms with E-state index >= 15 is 0 Å². The quantitative estimate of drug-likeness (QED) is 0.835. The van der Waals surface area contributed by atoms with Crippen molar-refractivity contribution < 1.29 is 4.79 Å². The molecule has 18 heavy (non-hydrogen) atoms. The molecule has 4 heteroatoms. The number of thiophene rings is 1. The van der Waals surface area contributed by atoms with Gasteiger partial charge in [0.1, 0.15) is 0 Å². The lowest BCUT2D eigenvalue weighted by Gasteiger charge is -2.32. The summed E-state index contributed by atoms with van der Waals surface area (Å²) in [6.45, 7) is 5.51. The third-order valence-corrected chi connectivity index (χ3v) is 4.28. The van der Waals surface area contributed by atoms with E-state index in [0.29, 0.717) is 12.5 Å². The van der Waals surface area contributed by atoms with Gasteiger partial charge in [-0.2, -0.15) is 0 Å². The molecular weight excluding hydrogens is 244 g/mol. The minimum Gasteiger partial charge on any atom is -0.341 e. The van der Waals surface area contributed by atoms with E-state index in [0.717, 1.165) is 26.1 Å². The lowest BCUT2D eigenvalue weighted by molar-refractivity contribution is -0.133. The van der Waals surface area contributed by atoms with Crippen LogP contribution in [0.4, 0.5) is 0 Å². The third-order valence-electron chi connectivity index (χ3n) is 3.42. The number of amides is 1. The number of hydrogen-bond donors (Lipinski definition) is 0. The molecule has 1 fully saturated rings. The highest BCUT2D eigenvalue weighted by Crippen LogP contribution is 2.16. The van der Waals surface area contributed by atoms with Crippen LogP contribution in [0.15, 0.2) is 17.5 Å². The summed E-state index contributed by atoms with van der Waals surface area (Å²) in [7, 11) is 2.02. The SMILES string of the molecule is CC1CCCN(C(=O)CN(C)Cc2cccs2)C1. The highest BCUT2D eigenvalue weighted by atomic mass is 32.1. The van der Waals surface area contributed by atoms with Crippen molar-refractivity contribution in [2.45, 2.75) is 26.3 Å². The van der Waals surface area contributed by atoms with E-state index in [2.05, 4.69) is 29.3 Å². The molecule has 1 amide bonds. The Labute approximate surface area is 113 Å². The number of likely N-dealkylation sites (tertiary alicyclic amines) is 1. The van der Waals surface area contributed by atoms with Crippen molar-refractivity contribution in [2.24, 2.45) is 5.92 Å². The fourth-order valence-electron chi connectivity index (χ4n) is 2.47. The number of carbonyl (C=O) groups is 1. The Balaban J connectivity index is 1.79. The molecule has 1 aliphatic rings. The minimum absolute atomic E-state index is 0.278. The molecule has 1 atom stereocenters. The van der Waals surface area contributed by atoms with E-state index in [9.17, 15) is 4.79 Å². The summed E-state index contributed by atoms with van der Waals surface area (Å²) in [5.41, 5.74) is 0. The molecule has 1 aromatic heterocycles. The third kappa shape index (κ3) is 3.82. The normalized spacial score (nSPS) is 20.4. The number of piperidine rings is 1. The Morgan fingerprint density at radius 1 is 1.61 bits per heavy atom. The van der Waals surface area contributed by atoms with Gasteiger partial charge in [0.05, 0.1) is 6.54 Å². The lowest BCUT2D eigenvalue weighted by atomic mass is 10.0. The number of carbonyl (C=O) groups excluding carboxylic acids is 1. The van der Waals surface area contributed by atoms with Crippen molar-refractivity contribution >= 4 is 17.2 Å². The number of rotatable bonds is 4. The van der Waals surface area contributed by atoms with Crippen molar-refractivity contribution in [3.63, 3.8) is 0 Å². The maximum absolute atomic E-state index is 12.2. The fraction of sp³-hybridized carbons (Fsp3) is 0.643. The van der Waals surface area contributed by atoms with Crippen molar-refractivity contribution in [1.29, 1.82) is 0 Å². The molecule has 0 aliphatic carbocycles. The van der Waals surface area contributed by atoms with Crippen LogP contribution in [-0.4, -0.2) is 42.4 Å². The Morgan fingerprint density at radius 3 is 3.11 bits per heavy atom. The molecule has 0 radical (unpaired) electrons. The van der Waals surface area contributed by atoms with Gasteiger partial charge in [-0.1, -0.05) is 13.0 Å². The second-order valence-electron chi connectivity index (χ2n) is 5.34. The first-order chi connectivity index (χ1) is 8.65. The lowest BCUT2D eigenvalue weighted by Crippen LogP contribution is -2.43. The Kier molecular flexibility index (Phi) is 4.78. The zero-order valence-corrected chi connectivity index (χ0v) is 12.1. The Morgan fingerprint density at radius 2 is 2.44 bits per heavy atom. The zero-order valence-electron chi connectivity index (χ0n) is 11.3. The Bertz CT molecular complexity index is 377. The van der Waals surface area contributed by atoms with Crippen molar-refractivity contribution in [2.75, 3.05) is 26.7 Å². The molecule has 1 unspecified atom stereocenters. The van der Waals surface area contributed by atoms with Gasteiger partial charge >= 0.3 is 0 Å². The molecule has 1 saturated heterocycles. The summed E-state index contributed by atoms with van der Waals surface area (Å²) in [5.74, 6) is 0.936. The van der Waals surface area contributed by atoms with Gasteiger partial charge in [0.15, 0.2) is 0 Å². The first kappa shape index (κ1) is 13.6. The minimum atomic E-state index is 0.278. The van der Waals surface area contributed by atoms with E-state index in [1.54, 1.807) is 11.3 Å². The fourth-order valence-corrected chi connectivity index (χ4v) is 3.26. The number of likely N-dealkylation sites (N-methyl/N-ethyl adjacent to an activating group) is 1. The molecule has 0 spiro atoms. The largest absolute Gasteiger partial charge is 0.341 e. The monoisotopic (exact) mass is 266 g/mol. The second-order valence-corrected chi connectivity index (χ2v) is 6.37. The summed E-state index contributed by atoms with van der Waals surface area (Å²) >= 11 is 1.75. The van der Waals surface area contributed by atoms with Gasteiger partial charge in [-0.3, -0.25) is 9.69 Å². The molecule has 2 heterocycles. The van der Waals surface area contributed by atoms with E-state index < -0.39 is 0 Å². The van der Waals surface area contributed by atoms with Crippen LogP contribution in [0.1, 0.15) is 24.6 Å². The summed E-state index contributed by atoms with van der Waals surface area (Å²) < 4.78 is 0. The summed E-state index contributed by atoms with van der Waals surface area (Å²) in [4.78, 5) is 17.6. The molecule has 1 aromatic rings. The molecule has 1 aliphatic heterocycles. The van der Waals surface area contributed by atoms with Gasteiger partial charge in [-0.15, -0.1) is 11.3 Å². The van der Waals surface area contributed by atoms with Crippen molar-refractivity contribution in [3.8, 4) is 0 Å². The van der Waals surface area contributed by atoms with Crippen LogP contribution >= 0.6 is 11.3 Å². The van der Waals surface area contributed by atoms with Gasteiger partial charge in [-0.25, -0.2) is 0 Å². The number of hydrogen-bond acceptors (Lipinski definition) is 3. The summed E-state index contributed by atoms with van der Waals surface area (Å²) in [6, 6.07) is 4.18. The van der Waals surface area contributed by atoms with E-state index in [4.69, 9.17) is 0 Å². The molecule has 100 valence electrons. The van der Waals surface area contributed by atoms with Crippen LogP contribution < -0.4 is 0 Å². The predicted molar refractivity (Wildman–Crippen MR) is 75.6 cm³/mol. The van der Waals surface area contributed by atoms with Gasteiger partial charge in [0.2, 0.25) is 5.91 Å². The first-order valence-corrected chi connectivity index (χ1v) is 7.52. The first-order valence-electron chi connectivity index (χ1n) is 6.64. The Hall–Kier alpha value is -0.870. The van der Waals surface area contributed by atoms with E-state index in [1.807, 2.05) is 11.9 Å². The van der Waals surface area contributed by atoms with Crippen molar-refractivity contribution in [3.05, 3.63) is 22.4 Å². The van der Waals surface area contributed by atoms with E-state index in [-0.39, 0.29) is 5.91 Å². The van der Waals surface area contributed by atoms with Gasteiger partial charge in [0.25, 0.3) is 0 Å². The topological polar surface area (TPSA) is 23.6 Å². The van der Waals surface area contributed by atoms with Crippen LogP contribution in [0, 0.1) is 5.92 Å². The van der Waals surface area contributed by atoms with Crippen LogP contribution in [0.2, 0.25) is 0 Å². The smallest absolute Gasteiger partial charge is 0.236 e. The average Bonchev–Trinajstić information content (AvgIpc) is 2.81. The van der Waals surface area contributed by atoms with Gasteiger partial charge < -0.3 is 4.90 Å². The maximum Gasteiger partial charge on any atom is 0.236 e. The standard InChI is InChI=1S/C14H22N2OS/c1-12-5-3-7-16(9-12)14(17)11-15(2)10-13-6-4-8-18-13/h4,6,8,12H,3,5,7,9-11H2,1-2H3. The molecular formula is C14H22N2OS. The zero-order chi connectivity index (χ0) is 13.0. The predicted octanol–water partition coefficient (Wildman–Crippen LogP) is 2.44. The highest BCUT2D eigenvalue weighted by Gasteiger charge is 2.21. The average molecular weight is 266 g/mol.